The molecule has 2 N–H and O–H groups in total. The van der Waals surface area contributed by atoms with Crippen molar-refractivity contribution < 1.29 is 13.6 Å². The summed E-state index contributed by atoms with van der Waals surface area (Å²) in [6.07, 6.45) is 1.60. The minimum absolute atomic E-state index is 0.0262. The average Bonchev–Trinajstić information content (AvgIpc) is 2.53. The van der Waals surface area contributed by atoms with Gasteiger partial charge in [-0.15, -0.1) is 11.8 Å². The summed E-state index contributed by atoms with van der Waals surface area (Å²) >= 11 is 1.67. The molecular formula is C18H27F2NOS. The fourth-order valence-electron chi connectivity index (χ4n) is 2.24. The lowest BCUT2D eigenvalue weighted by Crippen LogP contribution is -2.14. The molecule has 0 amide bonds. The predicted octanol–water partition coefficient (Wildman–Crippen LogP) is 5.16. The molecule has 0 heterocycles. The third-order valence-corrected chi connectivity index (χ3v) is 5.14. The van der Waals surface area contributed by atoms with E-state index < -0.39 is 5.92 Å². The molecule has 0 aliphatic carbocycles. The Balaban J connectivity index is 2.39. The Morgan fingerprint density at radius 1 is 1.39 bits per heavy atom. The van der Waals surface area contributed by atoms with Gasteiger partial charge in [-0.3, -0.25) is 4.79 Å². The molecule has 0 radical (unpaired) electrons. The van der Waals surface area contributed by atoms with Crippen LogP contribution < -0.4 is 5.73 Å². The van der Waals surface area contributed by atoms with E-state index in [0.717, 1.165) is 17.1 Å². The summed E-state index contributed by atoms with van der Waals surface area (Å²) in [6.45, 7) is 3.97. The molecule has 1 aromatic carbocycles. The van der Waals surface area contributed by atoms with Gasteiger partial charge in [-0.1, -0.05) is 26.0 Å². The zero-order valence-corrected chi connectivity index (χ0v) is 14.8. The highest BCUT2D eigenvalue weighted by Crippen LogP contribution is 2.28. The number of Topliss-reactive ketones (excluding diaryl/α,β-unsaturated/α-hetero) is 1. The van der Waals surface area contributed by atoms with Crippen molar-refractivity contribution in [2.24, 2.45) is 11.7 Å². The fourth-order valence-corrected chi connectivity index (χ4v) is 3.27. The Labute approximate surface area is 142 Å². The van der Waals surface area contributed by atoms with Crippen molar-refractivity contribution in [2.45, 2.75) is 56.8 Å². The molecule has 0 spiro atoms. The molecular weight excluding hydrogens is 316 g/mol. The number of ketones is 1. The molecule has 1 atom stereocenters. The predicted molar refractivity (Wildman–Crippen MR) is 93.4 cm³/mol. The van der Waals surface area contributed by atoms with Crippen LogP contribution in [0.5, 0.6) is 0 Å². The van der Waals surface area contributed by atoms with Crippen molar-refractivity contribution in [2.75, 3.05) is 12.3 Å². The molecule has 23 heavy (non-hydrogen) atoms. The molecule has 0 aliphatic heterocycles. The zero-order valence-electron chi connectivity index (χ0n) is 14.0. The number of carbonyl (C=O) groups excluding carboxylic acids is 1. The van der Waals surface area contributed by atoms with Gasteiger partial charge in [0.05, 0.1) is 0 Å². The number of alkyl halides is 2. The Kier molecular flexibility index (Phi) is 8.77. The maximum Gasteiger partial charge on any atom is 0.247 e. The summed E-state index contributed by atoms with van der Waals surface area (Å²) in [5.74, 6) is -1.22. The van der Waals surface area contributed by atoms with Gasteiger partial charge in [-0.05, 0) is 37.4 Å². The van der Waals surface area contributed by atoms with Crippen molar-refractivity contribution in [1.82, 2.24) is 0 Å². The van der Waals surface area contributed by atoms with Crippen LogP contribution in [0.2, 0.25) is 0 Å². The summed E-state index contributed by atoms with van der Waals surface area (Å²) in [5.41, 5.74) is 6.10. The van der Waals surface area contributed by atoms with Crippen LogP contribution in [0.25, 0.3) is 0 Å². The Hall–Kier alpha value is -0.940. The first kappa shape index (κ1) is 20.1. The molecule has 1 aromatic rings. The molecule has 1 rings (SSSR count). The number of carbonyl (C=O) groups is 1. The summed E-state index contributed by atoms with van der Waals surface area (Å²) in [5, 5.41) is 0. The van der Waals surface area contributed by atoms with E-state index >= 15 is 0 Å². The average molecular weight is 343 g/mol. The van der Waals surface area contributed by atoms with E-state index in [1.54, 1.807) is 17.8 Å². The molecule has 1 unspecified atom stereocenters. The third-order valence-electron chi connectivity index (χ3n) is 3.82. The lowest BCUT2D eigenvalue weighted by atomic mass is 10.0. The molecule has 0 saturated heterocycles. The van der Waals surface area contributed by atoms with Crippen molar-refractivity contribution >= 4 is 17.5 Å². The van der Waals surface area contributed by atoms with Crippen LogP contribution in [-0.4, -0.2) is 24.0 Å². The number of nitrogens with two attached hydrogens (primary N) is 1. The number of thioether (sulfide) groups is 1. The van der Waals surface area contributed by atoms with Crippen LogP contribution in [0, 0.1) is 5.92 Å². The maximum absolute atomic E-state index is 13.2. The largest absolute Gasteiger partial charge is 0.330 e. The zero-order chi connectivity index (χ0) is 17.3. The highest BCUT2D eigenvalue weighted by molar-refractivity contribution is 7.99. The van der Waals surface area contributed by atoms with E-state index in [4.69, 9.17) is 5.73 Å². The van der Waals surface area contributed by atoms with Crippen LogP contribution in [0.15, 0.2) is 29.2 Å². The Morgan fingerprint density at radius 3 is 2.78 bits per heavy atom. The summed E-state index contributed by atoms with van der Waals surface area (Å²) in [6, 6.07) is 7.54. The summed E-state index contributed by atoms with van der Waals surface area (Å²) in [4.78, 5) is 12.9. The van der Waals surface area contributed by atoms with Crippen LogP contribution in [0.1, 0.15) is 56.3 Å². The van der Waals surface area contributed by atoms with Crippen molar-refractivity contribution in [3.8, 4) is 0 Å². The van der Waals surface area contributed by atoms with Gasteiger partial charge in [0.25, 0.3) is 0 Å². The van der Waals surface area contributed by atoms with Crippen molar-refractivity contribution in [3.63, 3.8) is 0 Å². The summed E-state index contributed by atoms with van der Waals surface area (Å²) < 4.78 is 26.4. The Morgan fingerprint density at radius 2 is 2.13 bits per heavy atom. The molecule has 0 aliphatic rings. The second kappa shape index (κ2) is 10.0. The molecule has 0 saturated carbocycles. The molecule has 0 fully saturated rings. The van der Waals surface area contributed by atoms with E-state index in [1.807, 2.05) is 18.2 Å². The van der Waals surface area contributed by atoms with E-state index in [-0.39, 0.29) is 18.6 Å². The molecule has 0 aromatic heterocycles. The Bertz CT molecular complexity index is 494. The standard InChI is InChI=1S/C18H27F2NOS/c1-3-18(19,20)10-5-6-14(2)13-23-16-8-4-7-15(12-16)17(22)9-11-21/h4,7-8,12,14H,3,5-6,9-11,13,21H2,1-2H3. The van der Waals surface area contributed by atoms with Crippen LogP contribution >= 0.6 is 11.8 Å². The smallest absolute Gasteiger partial charge is 0.247 e. The molecule has 0 bridgehead atoms. The molecule has 2 nitrogen and oxygen atoms in total. The van der Waals surface area contributed by atoms with E-state index in [1.165, 1.54) is 6.92 Å². The van der Waals surface area contributed by atoms with E-state index in [9.17, 15) is 13.6 Å². The molecule has 5 heteroatoms. The lowest BCUT2D eigenvalue weighted by Gasteiger charge is -2.16. The van der Waals surface area contributed by atoms with Gasteiger partial charge < -0.3 is 5.73 Å². The first-order valence-electron chi connectivity index (χ1n) is 8.22. The topological polar surface area (TPSA) is 43.1 Å². The van der Waals surface area contributed by atoms with Gasteiger partial charge >= 0.3 is 0 Å². The second-order valence-corrected chi connectivity index (χ2v) is 7.10. The monoisotopic (exact) mass is 343 g/mol. The lowest BCUT2D eigenvalue weighted by molar-refractivity contribution is -0.0142. The van der Waals surface area contributed by atoms with E-state index in [0.29, 0.717) is 30.9 Å². The van der Waals surface area contributed by atoms with Gasteiger partial charge in [0.2, 0.25) is 5.92 Å². The number of hydrogen-bond donors (Lipinski definition) is 1. The van der Waals surface area contributed by atoms with Crippen LogP contribution in [-0.2, 0) is 0 Å². The van der Waals surface area contributed by atoms with Crippen molar-refractivity contribution in [1.29, 1.82) is 0 Å². The van der Waals surface area contributed by atoms with Crippen LogP contribution in [0.4, 0.5) is 8.78 Å². The highest BCUT2D eigenvalue weighted by Gasteiger charge is 2.25. The van der Waals surface area contributed by atoms with E-state index in [2.05, 4.69) is 6.92 Å². The third kappa shape index (κ3) is 7.93. The SMILES string of the molecule is CCC(F)(F)CCCC(C)CSc1cccc(C(=O)CCN)c1. The quantitative estimate of drug-likeness (QED) is 0.446. The van der Waals surface area contributed by atoms with Crippen LogP contribution in [0.3, 0.4) is 0 Å². The fraction of sp³-hybridized carbons (Fsp3) is 0.611. The number of halogens is 2. The number of hydrogen-bond acceptors (Lipinski definition) is 3. The second-order valence-electron chi connectivity index (χ2n) is 6.01. The number of rotatable bonds is 11. The number of benzene rings is 1. The highest BCUT2D eigenvalue weighted by atomic mass is 32.2. The van der Waals surface area contributed by atoms with Gasteiger partial charge in [-0.25, -0.2) is 8.78 Å². The van der Waals surface area contributed by atoms with Gasteiger partial charge in [0, 0.05) is 35.5 Å². The minimum Gasteiger partial charge on any atom is -0.330 e. The first-order chi connectivity index (χ1) is 10.9. The molecule has 130 valence electrons. The van der Waals surface area contributed by atoms with Gasteiger partial charge in [-0.2, -0.15) is 0 Å². The summed E-state index contributed by atoms with van der Waals surface area (Å²) in [7, 11) is 0. The van der Waals surface area contributed by atoms with Crippen molar-refractivity contribution in [3.05, 3.63) is 29.8 Å². The minimum atomic E-state index is -2.52. The van der Waals surface area contributed by atoms with Gasteiger partial charge in [0.1, 0.15) is 0 Å². The maximum atomic E-state index is 13.2. The normalized spacial score (nSPS) is 13.1. The van der Waals surface area contributed by atoms with Gasteiger partial charge in [0.15, 0.2) is 5.78 Å². The first-order valence-corrected chi connectivity index (χ1v) is 9.20.